The average molecular weight is 299 g/mol. The predicted octanol–water partition coefficient (Wildman–Crippen LogP) is 2.42. The molecule has 5 heteroatoms. The third-order valence-corrected chi connectivity index (χ3v) is 3.76. The van der Waals surface area contributed by atoms with Crippen molar-refractivity contribution in [2.24, 2.45) is 0 Å². The van der Waals surface area contributed by atoms with Crippen LogP contribution in [0.4, 0.5) is 0 Å². The van der Waals surface area contributed by atoms with Gasteiger partial charge in [0.15, 0.2) is 0 Å². The van der Waals surface area contributed by atoms with E-state index < -0.39 is 0 Å². The number of carbonyl (C=O) groups excluding carboxylic acids is 1. The first-order valence-electron chi connectivity index (χ1n) is 7.70. The van der Waals surface area contributed by atoms with Gasteiger partial charge in [-0.15, -0.1) is 0 Å². The third kappa shape index (κ3) is 3.13. The smallest absolute Gasteiger partial charge is 0.255 e. The van der Waals surface area contributed by atoms with E-state index in [9.17, 15) is 4.79 Å². The maximum atomic E-state index is 12.5. The summed E-state index contributed by atoms with van der Waals surface area (Å²) >= 11 is 0. The first-order chi connectivity index (χ1) is 10.6. The molecule has 0 unspecified atom stereocenters. The summed E-state index contributed by atoms with van der Waals surface area (Å²) in [6, 6.07) is 7.51. The molecular weight excluding hydrogens is 278 g/mol. The van der Waals surface area contributed by atoms with Gasteiger partial charge in [-0.25, -0.2) is 4.98 Å². The molecule has 0 bridgehead atoms. The van der Waals surface area contributed by atoms with E-state index in [-0.39, 0.29) is 18.1 Å². The molecule has 1 N–H and O–H groups in total. The highest BCUT2D eigenvalue weighted by molar-refractivity contribution is 5.97. The van der Waals surface area contributed by atoms with Gasteiger partial charge in [0.25, 0.3) is 5.91 Å². The summed E-state index contributed by atoms with van der Waals surface area (Å²) in [7, 11) is 0. The summed E-state index contributed by atoms with van der Waals surface area (Å²) in [6.07, 6.45) is 5.62. The molecule has 0 aliphatic carbocycles. The van der Waals surface area contributed by atoms with Crippen molar-refractivity contribution in [2.75, 3.05) is 0 Å². The zero-order valence-corrected chi connectivity index (χ0v) is 13.0. The molecule has 3 rings (SSSR count). The van der Waals surface area contributed by atoms with Crippen molar-refractivity contribution in [3.8, 4) is 5.75 Å². The Balaban J connectivity index is 1.70. The van der Waals surface area contributed by atoms with Gasteiger partial charge in [-0.05, 0) is 32.4 Å². The molecule has 1 atom stereocenters. The number of para-hydroxylation sites is 1. The molecule has 0 radical (unpaired) electrons. The van der Waals surface area contributed by atoms with Gasteiger partial charge >= 0.3 is 0 Å². The second kappa shape index (κ2) is 6.22. The van der Waals surface area contributed by atoms with E-state index in [1.54, 1.807) is 6.07 Å². The van der Waals surface area contributed by atoms with Crippen LogP contribution >= 0.6 is 0 Å². The Hall–Kier alpha value is -2.30. The Morgan fingerprint density at radius 1 is 1.41 bits per heavy atom. The minimum Gasteiger partial charge on any atom is -0.490 e. The van der Waals surface area contributed by atoms with Crippen LogP contribution in [0.3, 0.4) is 0 Å². The predicted molar refractivity (Wildman–Crippen MR) is 84.0 cm³/mol. The van der Waals surface area contributed by atoms with Crippen molar-refractivity contribution < 1.29 is 9.53 Å². The van der Waals surface area contributed by atoms with Crippen LogP contribution in [0.15, 0.2) is 36.7 Å². The molecule has 5 nitrogen and oxygen atoms in total. The first-order valence-corrected chi connectivity index (χ1v) is 7.70. The van der Waals surface area contributed by atoms with Crippen LogP contribution in [0, 0.1) is 0 Å². The van der Waals surface area contributed by atoms with Gasteiger partial charge in [-0.1, -0.05) is 12.1 Å². The molecule has 0 spiro atoms. The number of hydrogen-bond acceptors (Lipinski definition) is 3. The number of imidazole rings is 1. The maximum absolute atomic E-state index is 12.5. The fourth-order valence-corrected chi connectivity index (χ4v) is 2.76. The summed E-state index contributed by atoms with van der Waals surface area (Å²) in [4.78, 5) is 16.9. The zero-order valence-electron chi connectivity index (χ0n) is 13.0. The Morgan fingerprint density at radius 3 is 3.05 bits per heavy atom. The van der Waals surface area contributed by atoms with Crippen LogP contribution in [0.25, 0.3) is 0 Å². The van der Waals surface area contributed by atoms with Crippen molar-refractivity contribution in [1.29, 1.82) is 0 Å². The van der Waals surface area contributed by atoms with Gasteiger partial charge in [0.1, 0.15) is 11.6 Å². The number of hydrogen-bond donors (Lipinski definition) is 1. The van der Waals surface area contributed by atoms with Gasteiger partial charge in [-0.3, -0.25) is 4.79 Å². The number of nitrogens with one attached hydrogen (secondary N) is 1. The van der Waals surface area contributed by atoms with E-state index in [0.717, 1.165) is 25.2 Å². The van der Waals surface area contributed by atoms with E-state index in [2.05, 4.69) is 14.9 Å². The zero-order chi connectivity index (χ0) is 15.5. The Morgan fingerprint density at radius 2 is 2.23 bits per heavy atom. The number of carbonyl (C=O) groups is 1. The largest absolute Gasteiger partial charge is 0.490 e. The number of amides is 1. The maximum Gasteiger partial charge on any atom is 0.255 e. The Kier molecular flexibility index (Phi) is 4.13. The number of benzene rings is 1. The summed E-state index contributed by atoms with van der Waals surface area (Å²) in [5.41, 5.74) is 0.590. The van der Waals surface area contributed by atoms with Crippen molar-refractivity contribution >= 4 is 5.91 Å². The molecule has 0 saturated carbocycles. The normalized spacial score (nSPS) is 17.1. The molecule has 2 heterocycles. The highest BCUT2D eigenvalue weighted by atomic mass is 16.5. The number of rotatable bonds is 4. The average Bonchev–Trinajstić information content (AvgIpc) is 2.94. The van der Waals surface area contributed by atoms with Crippen molar-refractivity contribution in [3.63, 3.8) is 0 Å². The van der Waals surface area contributed by atoms with Crippen LogP contribution in [-0.2, 0) is 13.0 Å². The molecule has 1 aromatic carbocycles. The fraction of sp³-hybridized carbons (Fsp3) is 0.412. The van der Waals surface area contributed by atoms with Crippen molar-refractivity contribution in [2.45, 2.75) is 45.4 Å². The highest BCUT2D eigenvalue weighted by Gasteiger charge is 2.22. The highest BCUT2D eigenvalue weighted by Crippen LogP contribution is 2.20. The molecule has 1 aliphatic rings. The molecule has 2 aromatic rings. The molecule has 116 valence electrons. The number of fused-ring (bicyclic) bond motifs is 1. The quantitative estimate of drug-likeness (QED) is 0.943. The fourth-order valence-electron chi connectivity index (χ4n) is 2.76. The summed E-state index contributed by atoms with van der Waals surface area (Å²) in [5, 5.41) is 3.11. The van der Waals surface area contributed by atoms with Crippen molar-refractivity contribution in [3.05, 3.63) is 48.0 Å². The van der Waals surface area contributed by atoms with Gasteiger partial charge in [0.2, 0.25) is 0 Å². The first kappa shape index (κ1) is 14.6. The van der Waals surface area contributed by atoms with Crippen LogP contribution in [-0.4, -0.2) is 27.6 Å². The third-order valence-electron chi connectivity index (χ3n) is 3.76. The number of aryl methyl sites for hydroxylation is 1. The van der Waals surface area contributed by atoms with Gasteiger partial charge in [0.05, 0.1) is 11.7 Å². The van der Waals surface area contributed by atoms with Crippen LogP contribution < -0.4 is 10.1 Å². The molecule has 0 saturated heterocycles. The molecule has 1 aromatic heterocycles. The molecule has 1 amide bonds. The molecular formula is C17H21N3O2. The van der Waals surface area contributed by atoms with Gasteiger partial charge in [0, 0.05) is 31.4 Å². The van der Waals surface area contributed by atoms with Crippen LogP contribution in [0.5, 0.6) is 5.75 Å². The van der Waals surface area contributed by atoms with E-state index in [0.29, 0.717) is 11.3 Å². The number of ether oxygens (including phenoxy) is 1. The summed E-state index contributed by atoms with van der Waals surface area (Å²) < 4.78 is 7.83. The van der Waals surface area contributed by atoms with E-state index in [4.69, 9.17) is 4.74 Å². The topological polar surface area (TPSA) is 56.1 Å². The number of aromatic nitrogens is 2. The Labute approximate surface area is 130 Å². The minimum atomic E-state index is -0.0789. The van der Waals surface area contributed by atoms with Crippen LogP contribution in [0.1, 0.15) is 36.5 Å². The summed E-state index contributed by atoms with van der Waals surface area (Å²) in [6.45, 7) is 4.68. The SMILES string of the molecule is CC(C)Oc1ccccc1C(=O)N[C@@H]1CCc2nccn2C1. The number of nitrogens with zero attached hydrogens (tertiary/aromatic N) is 2. The monoisotopic (exact) mass is 299 g/mol. The lowest BCUT2D eigenvalue weighted by Gasteiger charge is -2.25. The van der Waals surface area contributed by atoms with Crippen molar-refractivity contribution in [1.82, 2.24) is 14.9 Å². The van der Waals surface area contributed by atoms with Crippen LogP contribution in [0.2, 0.25) is 0 Å². The second-order valence-corrected chi connectivity index (χ2v) is 5.87. The summed E-state index contributed by atoms with van der Waals surface area (Å²) in [5.74, 6) is 1.65. The molecule has 1 aliphatic heterocycles. The van der Waals surface area contributed by atoms with E-state index >= 15 is 0 Å². The van der Waals surface area contributed by atoms with Gasteiger partial charge in [-0.2, -0.15) is 0 Å². The lowest BCUT2D eigenvalue weighted by atomic mass is 10.1. The van der Waals surface area contributed by atoms with E-state index in [1.807, 2.05) is 44.4 Å². The Bertz CT molecular complexity index is 663. The lowest BCUT2D eigenvalue weighted by Crippen LogP contribution is -2.41. The second-order valence-electron chi connectivity index (χ2n) is 5.87. The van der Waals surface area contributed by atoms with Gasteiger partial charge < -0.3 is 14.6 Å². The van der Waals surface area contributed by atoms with E-state index in [1.165, 1.54) is 0 Å². The molecule has 22 heavy (non-hydrogen) atoms. The molecule has 0 fully saturated rings. The lowest BCUT2D eigenvalue weighted by molar-refractivity contribution is 0.0921. The minimum absolute atomic E-state index is 0.0390. The standard InChI is InChI=1S/C17H21N3O2/c1-12(2)22-15-6-4-3-5-14(15)17(21)19-13-7-8-16-18-9-10-20(16)11-13/h3-6,9-10,12-13H,7-8,11H2,1-2H3,(H,19,21)/t13-/m1/s1.